The van der Waals surface area contributed by atoms with E-state index >= 15 is 0 Å². The molecule has 154 valence electrons. The number of hydrogen-bond acceptors (Lipinski definition) is 4. The van der Waals surface area contributed by atoms with Gasteiger partial charge in [-0.1, -0.05) is 12.1 Å². The van der Waals surface area contributed by atoms with Crippen molar-refractivity contribution in [3.63, 3.8) is 0 Å². The van der Waals surface area contributed by atoms with Gasteiger partial charge in [-0.2, -0.15) is 0 Å². The van der Waals surface area contributed by atoms with Crippen LogP contribution < -0.4 is 9.47 Å². The lowest BCUT2D eigenvalue weighted by Crippen LogP contribution is -2.06. The molecule has 0 spiro atoms. The van der Waals surface area contributed by atoms with Gasteiger partial charge in [0.05, 0.1) is 24.8 Å². The van der Waals surface area contributed by atoms with Gasteiger partial charge in [-0.3, -0.25) is 0 Å². The first-order valence-electron chi connectivity index (χ1n) is 10.0. The predicted molar refractivity (Wildman–Crippen MR) is 117 cm³/mol. The third-order valence-electron chi connectivity index (χ3n) is 5.23. The molecule has 0 saturated carbocycles. The van der Waals surface area contributed by atoms with Crippen molar-refractivity contribution in [1.29, 1.82) is 0 Å². The number of aryl methyl sites for hydroxylation is 3. The zero-order chi connectivity index (χ0) is 20.8. The summed E-state index contributed by atoms with van der Waals surface area (Å²) in [7, 11) is 1.66. The van der Waals surface area contributed by atoms with E-state index < -0.39 is 0 Å². The summed E-state index contributed by atoms with van der Waals surface area (Å²) < 4.78 is 13.5. The Hall–Kier alpha value is -2.79. The first-order chi connectivity index (χ1) is 14.1. The number of ether oxygens (including phenoxy) is 2. The maximum atomic E-state index is 9.70. The fourth-order valence-electron chi connectivity index (χ4n) is 3.48. The highest BCUT2D eigenvalue weighted by Crippen LogP contribution is 2.28. The number of allylic oxidation sites excluding steroid dienone is 1. The van der Waals surface area contributed by atoms with E-state index in [2.05, 4.69) is 42.1 Å². The maximum absolute atomic E-state index is 9.70. The molecule has 3 rings (SSSR count). The van der Waals surface area contributed by atoms with Gasteiger partial charge in [0.2, 0.25) is 0 Å². The maximum Gasteiger partial charge on any atom is 0.161 e. The number of rotatable bonds is 10. The average Bonchev–Trinajstić information content (AvgIpc) is 3.05. The molecule has 0 aliphatic carbocycles. The van der Waals surface area contributed by atoms with Crippen LogP contribution in [0, 0.1) is 13.8 Å². The van der Waals surface area contributed by atoms with E-state index in [1.165, 1.54) is 11.1 Å². The van der Waals surface area contributed by atoms with Gasteiger partial charge in [-0.15, -0.1) is 6.58 Å². The normalized spacial score (nSPS) is 11.0. The Bertz CT molecular complexity index is 991. The zero-order valence-electron chi connectivity index (χ0n) is 17.6. The number of imidazole rings is 1. The molecule has 0 aliphatic heterocycles. The number of fused-ring (bicyclic) bond motifs is 1. The molecule has 0 amide bonds. The minimum Gasteiger partial charge on any atom is -0.493 e. The molecule has 0 fully saturated rings. The molecular formula is C24H30N2O3. The SMILES string of the molecule is C=CCc1ccc(OCCCCn2c(CO)nc3cc(C)c(C)cc32)c(OC)c1. The van der Waals surface area contributed by atoms with Crippen molar-refractivity contribution < 1.29 is 14.6 Å². The van der Waals surface area contributed by atoms with Crippen LogP contribution in [0.2, 0.25) is 0 Å². The molecule has 2 aromatic carbocycles. The molecule has 1 heterocycles. The molecule has 0 atom stereocenters. The summed E-state index contributed by atoms with van der Waals surface area (Å²) >= 11 is 0. The molecule has 1 N–H and O–H groups in total. The largest absolute Gasteiger partial charge is 0.493 e. The average molecular weight is 395 g/mol. The first kappa shape index (κ1) is 20.9. The highest BCUT2D eigenvalue weighted by Gasteiger charge is 2.11. The van der Waals surface area contributed by atoms with Crippen molar-refractivity contribution >= 4 is 11.0 Å². The molecule has 0 bridgehead atoms. The van der Waals surface area contributed by atoms with Crippen molar-refractivity contribution in [1.82, 2.24) is 9.55 Å². The second-order valence-electron chi connectivity index (χ2n) is 7.30. The monoisotopic (exact) mass is 394 g/mol. The minimum atomic E-state index is -0.0580. The van der Waals surface area contributed by atoms with Crippen LogP contribution in [0.3, 0.4) is 0 Å². The molecule has 0 saturated heterocycles. The van der Waals surface area contributed by atoms with Crippen molar-refractivity contribution in [2.75, 3.05) is 13.7 Å². The van der Waals surface area contributed by atoms with Crippen LogP contribution in [0.15, 0.2) is 43.0 Å². The lowest BCUT2D eigenvalue weighted by molar-refractivity contribution is 0.262. The Morgan fingerprint density at radius 3 is 2.62 bits per heavy atom. The van der Waals surface area contributed by atoms with E-state index in [1.807, 2.05) is 24.3 Å². The van der Waals surface area contributed by atoms with Crippen molar-refractivity contribution in [3.05, 3.63) is 65.5 Å². The second kappa shape index (κ2) is 9.61. The lowest BCUT2D eigenvalue weighted by atomic mass is 10.1. The molecule has 29 heavy (non-hydrogen) atoms. The second-order valence-corrected chi connectivity index (χ2v) is 7.30. The molecule has 0 unspecified atom stereocenters. The number of aliphatic hydroxyl groups excluding tert-OH is 1. The van der Waals surface area contributed by atoms with Gasteiger partial charge >= 0.3 is 0 Å². The Morgan fingerprint density at radius 2 is 1.90 bits per heavy atom. The van der Waals surface area contributed by atoms with Crippen molar-refractivity contribution in [2.24, 2.45) is 0 Å². The topological polar surface area (TPSA) is 56.5 Å². The van der Waals surface area contributed by atoms with Crippen LogP contribution in [-0.4, -0.2) is 28.4 Å². The first-order valence-corrected chi connectivity index (χ1v) is 10.0. The number of aliphatic hydroxyl groups is 1. The van der Waals surface area contributed by atoms with Gasteiger partial charge in [0.25, 0.3) is 0 Å². The van der Waals surface area contributed by atoms with Crippen LogP contribution >= 0.6 is 0 Å². The summed E-state index contributed by atoms with van der Waals surface area (Å²) in [5.74, 6) is 2.22. The van der Waals surface area contributed by atoms with Crippen molar-refractivity contribution in [3.8, 4) is 11.5 Å². The predicted octanol–water partition coefficient (Wildman–Crippen LogP) is 4.74. The third kappa shape index (κ3) is 4.80. The van der Waals surface area contributed by atoms with E-state index in [4.69, 9.17) is 9.47 Å². The van der Waals surface area contributed by atoms with E-state index in [-0.39, 0.29) is 6.61 Å². The van der Waals surface area contributed by atoms with Gasteiger partial charge in [-0.25, -0.2) is 4.98 Å². The van der Waals surface area contributed by atoms with Gasteiger partial charge in [-0.05, 0) is 74.1 Å². The van der Waals surface area contributed by atoms with E-state index in [9.17, 15) is 5.11 Å². The number of methoxy groups -OCH3 is 1. The summed E-state index contributed by atoms with van der Waals surface area (Å²) in [5, 5.41) is 9.70. The molecule has 1 aromatic heterocycles. The summed E-state index contributed by atoms with van der Waals surface area (Å²) in [4.78, 5) is 4.58. The third-order valence-corrected chi connectivity index (χ3v) is 5.23. The van der Waals surface area contributed by atoms with Crippen LogP contribution in [0.1, 0.15) is 35.4 Å². The van der Waals surface area contributed by atoms with Crippen LogP contribution in [-0.2, 0) is 19.6 Å². The lowest BCUT2D eigenvalue weighted by Gasteiger charge is -2.12. The number of aromatic nitrogens is 2. The molecule has 3 aromatic rings. The van der Waals surface area contributed by atoms with E-state index in [0.717, 1.165) is 53.9 Å². The number of nitrogens with zero attached hydrogens (tertiary/aromatic N) is 2. The quantitative estimate of drug-likeness (QED) is 0.399. The molecule has 5 nitrogen and oxygen atoms in total. The Kier molecular flexibility index (Phi) is 6.94. The Labute approximate surface area is 172 Å². The Balaban J connectivity index is 1.60. The van der Waals surface area contributed by atoms with Gasteiger partial charge < -0.3 is 19.1 Å². The van der Waals surface area contributed by atoms with E-state index in [0.29, 0.717) is 12.4 Å². The van der Waals surface area contributed by atoms with Gasteiger partial charge in [0.1, 0.15) is 12.4 Å². The standard InChI is InChI=1S/C24H30N2O3/c1-5-8-19-9-10-22(23(15-19)28-4)29-12-7-6-11-26-21-14-18(3)17(2)13-20(21)25-24(26)16-27/h5,9-10,13-15,27H,1,6-8,11-12,16H2,2-4H3. The molecule has 0 radical (unpaired) electrons. The summed E-state index contributed by atoms with van der Waals surface area (Å²) in [6.07, 6.45) is 4.51. The fraction of sp³-hybridized carbons (Fsp3) is 0.375. The van der Waals surface area contributed by atoms with Crippen LogP contribution in [0.5, 0.6) is 11.5 Å². The Morgan fingerprint density at radius 1 is 1.10 bits per heavy atom. The molecular weight excluding hydrogens is 364 g/mol. The fourth-order valence-corrected chi connectivity index (χ4v) is 3.48. The number of unbranched alkanes of at least 4 members (excludes halogenated alkanes) is 1. The number of benzene rings is 2. The zero-order valence-corrected chi connectivity index (χ0v) is 17.6. The van der Waals surface area contributed by atoms with Gasteiger partial charge in [0.15, 0.2) is 11.5 Å². The van der Waals surface area contributed by atoms with Crippen LogP contribution in [0.4, 0.5) is 0 Å². The summed E-state index contributed by atoms with van der Waals surface area (Å²) in [6, 6.07) is 10.2. The number of hydrogen-bond donors (Lipinski definition) is 1. The highest BCUT2D eigenvalue weighted by molar-refractivity contribution is 5.78. The molecule has 5 heteroatoms. The molecule has 0 aliphatic rings. The van der Waals surface area contributed by atoms with Gasteiger partial charge in [0, 0.05) is 6.54 Å². The van der Waals surface area contributed by atoms with E-state index in [1.54, 1.807) is 7.11 Å². The minimum absolute atomic E-state index is 0.0580. The summed E-state index contributed by atoms with van der Waals surface area (Å²) in [6.45, 7) is 9.31. The summed E-state index contributed by atoms with van der Waals surface area (Å²) in [5.41, 5.74) is 5.63. The van der Waals surface area contributed by atoms with Crippen LogP contribution in [0.25, 0.3) is 11.0 Å². The highest BCUT2D eigenvalue weighted by atomic mass is 16.5. The van der Waals surface area contributed by atoms with Crippen molar-refractivity contribution in [2.45, 2.75) is 46.3 Å². The smallest absolute Gasteiger partial charge is 0.161 e.